The Morgan fingerprint density at radius 3 is 2.42 bits per heavy atom. The molecule has 0 radical (unpaired) electrons. The molecule has 1 aromatic carbocycles. The minimum Gasteiger partial charge on any atom is -0.465 e. The average Bonchev–Trinajstić information content (AvgIpc) is 3.57. The van der Waals surface area contributed by atoms with Gasteiger partial charge in [0, 0.05) is 30.8 Å². The van der Waals surface area contributed by atoms with Crippen molar-refractivity contribution in [2.75, 3.05) is 13.1 Å². The van der Waals surface area contributed by atoms with Crippen molar-refractivity contribution in [2.45, 2.75) is 134 Å². The normalized spacial score (nSPS) is 18.7. The number of carbonyl (C=O) groups is 4. The number of nitrogens with one attached hydrogen (secondary N) is 3. The van der Waals surface area contributed by atoms with Crippen LogP contribution in [-0.4, -0.2) is 81.4 Å². The Morgan fingerprint density at radius 1 is 1.08 bits per heavy atom. The van der Waals surface area contributed by atoms with Crippen LogP contribution in [0.3, 0.4) is 0 Å². The quantitative estimate of drug-likeness (QED) is 0.0839. The molecule has 1 aliphatic carbocycles. The molecule has 4 atom stereocenters. The fourth-order valence-corrected chi connectivity index (χ4v) is 6.90. The standard InChI is InChI=1S/C33H46F3N5O5S.C3H8/c1-3-21(2)29(31(44)39-47-24-15-16-24)38-30(43)26-13-9-17-41(26)28(42)18-37-27(33(34,35)36)14-7-5-4-6-10-22-11-8-12-23-19-40(32(45)46)20-25(22)23;1-3-2/h3,8,11-12,21,24,26-27,29,37H,1,4-7,9-10,13-20H2,2H3,(H,38,43)(H,39,44)(H,45,46);3H2,1-2H3/t21-,26-,27?,29?;/m0./s1. The van der Waals surface area contributed by atoms with Crippen molar-refractivity contribution >= 4 is 35.8 Å². The van der Waals surface area contributed by atoms with Gasteiger partial charge in [0.2, 0.25) is 11.8 Å². The van der Waals surface area contributed by atoms with Gasteiger partial charge in [0.25, 0.3) is 5.91 Å². The van der Waals surface area contributed by atoms with Crippen LogP contribution in [0.25, 0.3) is 0 Å². The van der Waals surface area contributed by atoms with Crippen LogP contribution in [0.4, 0.5) is 18.0 Å². The summed E-state index contributed by atoms with van der Waals surface area (Å²) in [5.41, 5.74) is 3.10. The van der Waals surface area contributed by atoms with Crippen LogP contribution < -0.4 is 15.4 Å². The summed E-state index contributed by atoms with van der Waals surface area (Å²) in [6.07, 6.45) is 3.22. The number of unbranched alkanes of at least 4 members (excludes halogenated alkanes) is 3. The summed E-state index contributed by atoms with van der Waals surface area (Å²) in [5.74, 6) is -1.82. The summed E-state index contributed by atoms with van der Waals surface area (Å²) in [6, 6.07) is 2.21. The van der Waals surface area contributed by atoms with Gasteiger partial charge >= 0.3 is 12.3 Å². The highest BCUT2D eigenvalue weighted by molar-refractivity contribution is 7.98. The van der Waals surface area contributed by atoms with Crippen molar-refractivity contribution in [3.05, 3.63) is 47.5 Å². The first-order chi connectivity index (χ1) is 23.8. The highest BCUT2D eigenvalue weighted by atomic mass is 32.2. The summed E-state index contributed by atoms with van der Waals surface area (Å²) in [7, 11) is 0. The van der Waals surface area contributed by atoms with Crippen LogP contribution in [0, 0.1) is 5.92 Å². The molecule has 1 saturated heterocycles. The molecule has 14 heteroatoms. The van der Waals surface area contributed by atoms with Gasteiger partial charge in [-0.05, 0) is 73.6 Å². The maximum atomic E-state index is 13.9. The third-order valence-electron chi connectivity index (χ3n) is 9.14. The van der Waals surface area contributed by atoms with E-state index in [0.717, 1.165) is 48.8 Å². The third kappa shape index (κ3) is 12.5. The van der Waals surface area contributed by atoms with Gasteiger partial charge in [-0.25, -0.2) is 4.79 Å². The SMILES string of the molecule is C=C[C@H](C)C(NC(=O)[C@@H]1CCCN1C(=O)CNC(CCCCCCc1cccc2c1CN(C(=O)O)C2)C(F)(F)F)C(=O)NSC1CC1.CCC. The van der Waals surface area contributed by atoms with Crippen LogP contribution in [0.1, 0.15) is 102 Å². The van der Waals surface area contributed by atoms with Gasteiger partial charge in [0.1, 0.15) is 18.1 Å². The molecule has 4 rings (SSSR count). The maximum Gasteiger partial charge on any atom is 0.407 e. The molecule has 50 heavy (non-hydrogen) atoms. The van der Waals surface area contributed by atoms with Crippen molar-refractivity contribution in [2.24, 2.45) is 5.92 Å². The zero-order chi connectivity index (χ0) is 36.8. The molecule has 0 aromatic heterocycles. The lowest BCUT2D eigenvalue weighted by Gasteiger charge is -2.29. The molecule has 1 aromatic rings. The van der Waals surface area contributed by atoms with Gasteiger partial charge in [-0.1, -0.05) is 70.7 Å². The first kappa shape index (κ1) is 41.2. The molecule has 2 fully saturated rings. The Hall–Kier alpha value is -3.26. The minimum absolute atomic E-state index is 0.176. The minimum atomic E-state index is -4.54. The van der Waals surface area contributed by atoms with Gasteiger partial charge in [-0.3, -0.25) is 29.3 Å². The molecule has 0 spiro atoms. The van der Waals surface area contributed by atoms with Crippen LogP contribution in [-0.2, 0) is 33.9 Å². The first-order valence-electron chi connectivity index (χ1n) is 17.9. The number of fused-ring (bicyclic) bond motifs is 1. The van der Waals surface area contributed by atoms with Crippen LogP contribution in [0.2, 0.25) is 0 Å². The van der Waals surface area contributed by atoms with Crippen molar-refractivity contribution in [3.8, 4) is 0 Å². The summed E-state index contributed by atoms with van der Waals surface area (Å²) < 4.78 is 44.4. The third-order valence-corrected chi connectivity index (χ3v) is 10.3. The summed E-state index contributed by atoms with van der Waals surface area (Å²) in [4.78, 5) is 53.0. The molecule has 2 aliphatic heterocycles. The summed E-state index contributed by atoms with van der Waals surface area (Å²) >= 11 is 1.33. The lowest BCUT2D eigenvalue weighted by molar-refractivity contribution is -0.159. The van der Waals surface area contributed by atoms with E-state index in [4.69, 9.17) is 0 Å². The monoisotopic (exact) mass is 725 g/mol. The summed E-state index contributed by atoms with van der Waals surface area (Å²) in [6.45, 7) is 10.2. The smallest absolute Gasteiger partial charge is 0.407 e. The van der Waals surface area contributed by atoms with Gasteiger partial charge in [-0.15, -0.1) is 6.58 Å². The Bertz CT molecular complexity index is 1310. The van der Waals surface area contributed by atoms with Crippen molar-refractivity contribution in [1.29, 1.82) is 0 Å². The Kier molecular flexibility index (Phi) is 16.4. The topological polar surface area (TPSA) is 131 Å². The number of hydrogen-bond donors (Lipinski definition) is 4. The largest absolute Gasteiger partial charge is 0.465 e. The number of benzene rings is 1. The van der Waals surface area contributed by atoms with Gasteiger partial charge < -0.3 is 15.3 Å². The zero-order valence-electron chi connectivity index (χ0n) is 29.5. The van der Waals surface area contributed by atoms with E-state index in [-0.39, 0.29) is 24.8 Å². The molecule has 280 valence electrons. The first-order valence-corrected chi connectivity index (χ1v) is 18.7. The van der Waals surface area contributed by atoms with E-state index in [1.807, 2.05) is 18.2 Å². The predicted molar refractivity (Wildman–Crippen MR) is 189 cm³/mol. The average molecular weight is 726 g/mol. The molecule has 2 unspecified atom stereocenters. The van der Waals surface area contributed by atoms with E-state index >= 15 is 0 Å². The van der Waals surface area contributed by atoms with E-state index in [0.29, 0.717) is 44.0 Å². The molecule has 1 saturated carbocycles. The molecule has 4 N–H and O–H groups in total. The second kappa shape index (κ2) is 20.0. The molecule has 4 amide bonds. The number of aryl methyl sites for hydroxylation is 1. The van der Waals surface area contributed by atoms with Crippen molar-refractivity contribution in [1.82, 2.24) is 25.2 Å². The molecule has 0 bridgehead atoms. The number of rotatable bonds is 17. The zero-order valence-corrected chi connectivity index (χ0v) is 30.3. The molecule has 10 nitrogen and oxygen atoms in total. The molecular formula is C36H54F3N5O5S. The number of halogens is 3. The lowest BCUT2D eigenvalue weighted by atomic mass is 9.98. The fraction of sp³-hybridized carbons (Fsp3) is 0.667. The second-order valence-electron chi connectivity index (χ2n) is 13.4. The number of nitrogens with zero attached hydrogens (tertiary/aromatic N) is 2. The van der Waals surface area contributed by atoms with E-state index in [9.17, 15) is 37.5 Å². The number of alkyl halides is 3. The Balaban J connectivity index is 0.00000217. The number of hydrogen-bond acceptors (Lipinski definition) is 6. The van der Waals surface area contributed by atoms with Gasteiger partial charge in [-0.2, -0.15) is 13.2 Å². The number of carboxylic acid groups (broad SMARTS) is 1. The number of amides is 4. The van der Waals surface area contributed by atoms with E-state index in [1.165, 1.54) is 28.2 Å². The van der Waals surface area contributed by atoms with Crippen LogP contribution >= 0.6 is 11.9 Å². The Morgan fingerprint density at radius 2 is 1.78 bits per heavy atom. The highest BCUT2D eigenvalue weighted by Gasteiger charge is 2.41. The molecule has 2 heterocycles. The van der Waals surface area contributed by atoms with Crippen LogP contribution in [0.15, 0.2) is 30.9 Å². The molecular weight excluding hydrogens is 671 g/mol. The maximum absolute atomic E-state index is 13.9. The molecule has 3 aliphatic rings. The van der Waals surface area contributed by atoms with Crippen LogP contribution in [0.5, 0.6) is 0 Å². The van der Waals surface area contributed by atoms with Crippen molar-refractivity contribution in [3.63, 3.8) is 0 Å². The van der Waals surface area contributed by atoms with E-state index in [2.05, 4.69) is 35.8 Å². The lowest BCUT2D eigenvalue weighted by Crippen LogP contribution is -2.55. The van der Waals surface area contributed by atoms with Gasteiger partial charge in [0.05, 0.1) is 6.54 Å². The predicted octanol–water partition coefficient (Wildman–Crippen LogP) is 6.33. The summed E-state index contributed by atoms with van der Waals surface area (Å²) in [5, 5.41) is 14.8. The van der Waals surface area contributed by atoms with Crippen molar-refractivity contribution < 1.29 is 37.5 Å². The number of likely N-dealkylation sites (tertiary alicyclic amines) is 1. The Labute approximate surface area is 298 Å². The van der Waals surface area contributed by atoms with Gasteiger partial charge in [0.15, 0.2) is 0 Å². The van der Waals surface area contributed by atoms with E-state index < -0.39 is 48.8 Å². The highest BCUT2D eigenvalue weighted by Crippen LogP contribution is 2.32. The number of carbonyl (C=O) groups excluding carboxylic acids is 3. The second-order valence-corrected chi connectivity index (χ2v) is 14.5. The fourth-order valence-electron chi connectivity index (χ4n) is 6.12. The van der Waals surface area contributed by atoms with E-state index in [1.54, 1.807) is 13.0 Å².